The van der Waals surface area contributed by atoms with Gasteiger partial charge in [0.1, 0.15) is 5.82 Å². The maximum atomic E-state index is 5.22. The Bertz CT molecular complexity index is 1320. The smallest absolute Gasteiger partial charge is 0.127 e. The van der Waals surface area contributed by atoms with E-state index in [1.807, 2.05) is 6.20 Å². The standard InChI is InChI=1S/C26H30N6/c1-15(2)18-7-8-22-19(13-27-29-22)26(18)24-11-16(3)20-14-32(10-9-21(20)28-24)25-12-23(17-5-6-17)30-31(25)4/h7-8,11-13,15,17H,5-6,9-10,14H2,1-4H3,(H,27,29). The molecular formula is C26H30N6. The highest BCUT2D eigenvalue weighted by Gasteiger charge is 2.29. The molecule has 164 valence electrons. The number of H-pyrrole nitrogens is 1. The summed E-state index contributed by atoms with van der Waals surface area (Å²) >= 11 is 0. The van der Waals surface area contributed by atoms with Gasteiger partial charge in [-0.15, -0.1) is 0 Å². The Morgan fingerprint density at radius 1 is 1.16 bits per heavy atom. The van der Waals surface area contributed by atoms with Crippen LogP contribution in [0.25, 0.3) is 22.2 Å². The van der Waals surface area contributed by atoms with Gasteiger partial charge in [-0.05, 0) is 54.5 Å². The SMILES string of the molecule is Cc1cc(-c2c(C(C)C)ccc3[nH]ncc23)nc2c1CN(c1cc(C3CC3)nn1C)CC2. The summed E-state index contributed by atoms with van der Waals surface area (Å²) in [5.74, 6) is 2.33. The number of aromatic nitrogens is 5. The summed E-state index contributed by atoms with van der Waals surface area (Å²) in [6.07, 6.45) is 5.46. The first kappa shape index (κ1) is 19.5. The molecule has 1 fully saturated rings. The second-order valence-corrected chi connectivity index (χ2v) is 9.76. The highest BCUT2D eigenvalue weighted by atomic mass is 15.4. The summed E-state index contributed by atoms with van der Waals surface area (Å²) in [6.45, 7) is 8.59. The molecule has 1 aliphatic carbocycles. The molecule has 0 saturated heterocycles. The van der Waals surface area contributed by atoms with Crippen molar-refractivity contribution in [2.75, 3.05) is 11.4 Å². The van der Waals surface area contributed by atoms with Crippen molar-refractivity contribution in [3.63, 3.8) is 0 Å². The van der Waals surface area contributed by atoms with Crippen molar-refractivity contribution in [3.8, 4) is 11.3 Å². The predicted molar refractivity (Wildman–Crippen MR) is 128 cm³/mol. The highest BCUT2D eigenvalue weighted by molar-refractivity contribution is 5.95. The third kappa shape index (κ3) is 3.12. The Morgan fingerprint density at radius 3 is 2.78 bits per heavy atom. The highest BCUT2D eigenvalue weighted by Crippen LogP contribution is 2.41. The van der Waals surface area contributed by atoms with Crippen LogP contribution in [0.2, 0.25) is 0 Å². The second-order valence-electron chi connectivity index (χ2n) is 9.76. The number of aryl methyl sites for hydroxylation is 2. The van der Waals surface area contributed by atoms with Gasteiger partial charge in [-0.25, -0.2) is 0 Å². The van der Waals surface area contributed by atoms with Crippen LogP contribution in [-0.2, 0) is 20.0 Å². The molecular weight excluding hydrogens is 396 g/mol. The average Bonchev–Trinajstić information content (AvgIpc) is 3.39. The van der Waals surface area contributed by atoms with Gasteiger partial charge >= 0.3 is 0 Å². The van der Waals surface area contributed by atoms with Gasteiger partial charge in [-0.3, -0.25) is 14.8 Å². The van der Waals surface area contributed by atoms with E-state index in [0.29, 0.717) is 11.8 Å². The second kappa shape index (κ2) is 7.19. The Hall–Kier alpha value is -3.15. The molecule has 1 aromatic carbocycles. The van der Waals surface area contributed by atoms with Crippen LogP contribution >= 0.6 is 0 Å². The molecule has 3 aromatic heterocycles. The molecule has 0 bridgehead atoms. The van der Waals surface area contributed by atoms with Crippen molar-refractivity contribution < 1.29 is 0 Å². The van der Waals surface area contributed by atoms with Gasteiger partial charge in [-0.1, -0.05) is 19.9 Å². The van der Waals surface area contributed by atoms with E-state index in [4.69, 9.17) is 10.1 Å². The molecule has 0 atom stereocenters. The molecule has 0 spiro atoms. The minimum absolute atomic E-state index is 0.420. The van der Waals surface area contributed by atoms with E-state index in [1.54, 1.807) is 0 Å². The molecule has 32 heavy (non-hydrogen) atoms. The van der Waals surface area contributed by atoms with Gasteiger partial charge in [0.05, 0.1) is 23.1 Å². The molecule has 1 aliphatic heterocycles. The monoisotopic (exact) mass is 426 g/mol. The average molecular weight is 427 g/mol. The number of nitrogens with zero attached hydrogens (tertiary/aromatic N) is 5. The zero-order valence-corrected chi connectivity index (χ0v) is 19.3. The number of hydrogen-bond acceptors (Lipinski definition) is 4. The van der Waals surface area contributed by atoms with E-state index in [0.717, 1.165) is 36.1 Å². The van der Waals surface area contributed by atoms with Crippen LogP contribution in [0, 0.1) is 6.92 Å². The summed E-state index contributed by atoms with van der Waals surface area (Å²) in [6, 6.07) is 8.93. The van der Waals surface area contributed by atoms with Gasteiger partial charge in [0.2, 0.25) is 0 Å². The number of aromatic amines is 1. The van der Waals surface area contributed by atoms with Crippen molar-refractivity contribution in [1.82, 2.24) is 25.0 Å². The van der Waals surface area contributed by atoms with E-state index in [-0.39, 0.29) is 0 Å². The number of nitrogens with one attached hydrogen (secondary N) is 1. The molecule has 0 unspecified atom stereocenters. The van der Waals surface area contributed by atoms with Gasteiger partial charge in [0.25, 0.3) is 0 Å². The Kier molecular flexibility index (Phi) is 4.39. The summed E-state index contributed by atoms with van der Waals surface area (Å²) in [4.78, 5) is 7.68. The van der Waals surface area contributed by atoms with E-state index in [9.17, 15) is 0 Å². The largest absolute Gasteiger partial charge is 0.352 e. The zero-order chi connectivity index (χ0) is 22.0. The Labute approximate surface area is 188 Å². The van der Waals surface area contributed by atoms with Crippen LogP contribution in [0.1, 0.15) is 66.6 Å². The van der Waals surface area contributed by atoms with Gasteiger partial charge in [0, 0.05) is 55.2 Å². The van der Waals surface area contributed by atoms with Gasteiger partial charge in [-0.2, -0.15) is 10.2 Å². The molecule has 0 amide bonds. The fourth-order valence-electron chi connectivity index (χ4n) is 5.18. The van der Waals surface area contributed by atoms with E-state index in [2.05, 4.69) is 71.9 Å². The molecule has 6 nitrogen and oxygen atoms in total. The maximum Gasteiger partial charge on any atom is 0.127 e. The summed E-state index contributed by atoms with van der Waals surface area (Å²) in [7, 11) is 2.07. The number of anilines is 1. The lowest BCUT2D eigenvalue weighted by Crippen LogP contribution is -2.33. The first-order chi connectivity index (χ1) is 15.5. The van der Waals surface area contributed by atoms with Gasteiger partial charge < -0.3 is 4.90 Å². The quantitative estimate of drug-likeness (QED) is 0.485. The van der Waals surface area contributed by atoms with Crippen LogP contribution in [0.5, 0.6) is 0 Å². The Balaban J connectivity index is 1.40. The molecule has 6 heteroatoms. The lowest BCUT2D eigenvalue weighted by molar-refractivity contribution is 0.655. The molecule has 1 N–H and O–H groups in total. The van der Waals surface area contributed by atoms with E-state index in [1.165, 1.54) is 52.3 Å². The fourth-order valence-corrected chi connectivity index (χ4v) is 5.18. The Morgan fingerprint density at radius 2 is 2.00 bits per heavy atom. The number of pyridine rings is 1. The fraction of sp³-hybridized carbons (Fsp3) is 0.423. The lowest BCUT2D eigenvalue weighted by Gasteiger charge is -2.31. The van der Waals surface area contributed by atoms with Crippen molar-refractivity contribution >= 4 is 16.7 Å². The van der Waals surface area contributed by atoms with Gasteiger partial charge in [0.15, 0.2) is 0 Å². The molecule has 4 aromatic rings. The van der Waals surface area contributed by atoms with E-state index >= 15 is 0 Å². The normalized spacial score (nSPS) is 16.2. The van der Waals surface area contributed by atoms with Crippen molar-refractivity contribution in [1.29, 1.82) is 0 Å². The van der Waals surface area contributed by atoms with Crippen molar-refractivity contribution in [2.45, 2.75) is 58.4 Å². The minimum Gasteiger partial charge on any atom is -0.352 e. The topological polar surface area (TPSA) is 62.6 Å². The van der Waals surface area contributed by atoms with Crippen molar-refractivity contribution in [3.05, 3.63) is 58.5 Å². The zero-order valence-electron chi connectivity index (χ0n) is 19.3. The first-order valence-electron chi connectivity index (χ1n) is 11.7. The number of rotatable bonds is 4. The first-order valence-corrected chi connectivity index (χ1v) is 11.7. The third-order valence-corrected chi connectivity index (χ3v) is 7.13. The lowest BCUT2D eigenvalue weighted by atomic mass is 9.90. The molecule has 0 radical (unpaired) electrons. The predicted octanol–water partition coefficient (Wildman–Crippen LogP) is 5.23. The van der Waals surface area contributed by atoms with Crippen LogP contribution in [-0.4, -0.2) is 31.5 Å². The molecule has 6 rings (SSSR count). The van der Waals surface area contributed by atoms with Crippen LogP contribution in [0.4, 0.5) is 5.82 Å². The molecule has 4 heterocycles. The summed E-state index contributed by atoms with van der Waals surface area (Å²) in [5.41, 5.74) is 9.85. The summed E-state index contributed by atoms with van der Waals surface area (Å²) in [5, 5.41) is 13.4. The molecule has 1 saturated carbocycles. The third-order valence-electron chi connectivity index (χ3n) is 7.13. The number of fused-ring (bicyclic) bond motifs is 2. The summed E-state index contributed by atoms with van der Waals surface area (Å²) < 4.78 is 2.06. The van der Waals surface area contributed by atoms with Crippen molar-refractivity contribution in [2.24, 2.45) is 7.05 Å². The van der Waals surface area contributed by atoms with E-state index < -0.39 is 0 Å². The molecule has 2 aliphatic rings. The van der Waals surface area contributed by atoms with Crippen LogP contribution in [0.15, 0.2) is 30.5 Å². The van der Waals surface area contributed by atoms with Crippen LogP contribution < -0.4 is 4.90 Å². The minimum atomic E-state index is 0.420. The van der Waals surface area contributed by atoms with Crippen LogP contribution in [0.3, 0.4) is 0 Å². The maximum absolute atomic E-state index is 5.22. The number of benzene rings is 1. The number of hydrogen-bond donors (Lipinski definition) is 1.